The van der Waals surface area contributed by atoms with Crippen LogP contribution in [0.3, 0.4) is 0 Å². The van der Waals surface area contributed by atoms with Crippen LogP contribution in [-0.4, -0.2) is 43.3 Å². The fraction of sp³-hybridized carbons (Fsp3) is 1.00. The molecule has 0 heterocycles. The number of likely N-dealkylation sites (N-methyl/N-ethyl adjacent to an activating group) is 1. The number of nitrogens with zero attached hydrogens (tertiary/aromatic N) is 1. The summed E-state index contributed by atoms with van der Waals surface area (Å²) >= 11 is 0. The van der Waals surface area contributed by atoms with Crippen molar-refractivity contribution in [3.8, 4) is 0 Å². The second-order valence-corrected chi connectivity index (χ2v) is 4.10. The number of hydrogen-bond acceptors (Lipinski definition) is 3. The Bertz CT molecular complexity index is 137. The van der Waals surface area contributed by atoms with Gasteiger partial charge in [-0.15, -0.1) is 0 Å². The topological polar surface area (TPSA) is 38.5 Å². The van der Waals surface area contributed by atoms with E-state index in [1.807, 2.05) is 0 Å². The van der Waals surface area contributed by atoms with Crippen LogP contribution in [0.5, 0.6) is 0 Å². The van der Waals surface area contributed by atoms with Crippen molar-refractivity contribution >= 4 is 0 Å². The summed E-state index contributed by atoms with van der Waals surface area (Å²) in [6, 6.07) is 0. The number of ether oxygens (including phenoxy) is 1. The van der Waals surface area contributed by atoms with Crippen LogP contribution < -0.4 is 5.73 Å². The van der Waals surface area contributed by atoms with E-state index >= 15 is 0 Å². The minimum atomic E-state index is 0.0710. The van der Waals surface area contributed by atoms with E-state index in [2.05, 4.69) is 32.6 Å². The van der Waals surface area contributed by atoms with Crippen molar-refractivity contribution in [3.05, 3.63) is 0 Å². The van der Waals surface area contributed by atoms with E-state index < -0.39 is 0 Å². The zero-order chi connectivity index (χ0) is 10.5. The Morgan fingerprint density at radius 1 is 1.46 bits per heavy atom. The lowest BCUT2D eigenvalue weighted by Gasteiger charge is -2.38. The summed E-state index contributed by atoms with van der Waals surface area (Å²) < 4.78 is 5.24. The number of methoxy groups -OCH3 is 1. The van der Waals surface area contributed by atoms with Gasteiger partial charge in [0.05, 0.1) is 6.10 Å². The summed E-state index contributed by atoms with van der Waals surface area (Å²) in [6.07, 6.45) is 0.269. The van der Waals surface area contributed by atoms with Crippen molar-refractivity contribution in [1.82, 2.24) is 4.90 Å². The van der Waals surface area contributed by atoms with Gasteiger partial charge in [0, 0.05) is 25.7 Å². The highest BCUT2D eigenvalue weighted by Gasteiger charge is 2.24. The molecule has 0 aliphatic heterocycles. The van der Waals surface area contributed by atoms with Crippen molar-refractivity contribution in [3.63, 3.8) is 0 Å². The molecular weight excluding hydrogens is 164 g/mol. The van der Waals surface area contributed by atoms with Gasteiger partial charge in [-0.05, 0) is 27.3 Å². The lowest BCUT2D eigenvalue weighted by atomic mass is 10.0. The summed E-state index contributed by atoms with van der Waals surface area (Å²) in [6.45, 7) is 11.2. The Morgan fingerprint density at radius 2 is 2.00 bits per heavy atom. The molecule has 1 unspecified atom stereocenters. The van der Waals surface area contributed by atoms with Gasteiger partial charge in [0.1, 0.15) is 0 Å². The van der Waals surface area contributed by atoms with Gasteiger partial charge in [0.2, 0.25) is 0 Å². The molecule has 0 fully saturated rings. The standard InChI is InChI=1S/C10H24N2O/c1-6-12(7-9(2)13-5)10(3,4)8-11/h9H,6-8,11H2,1-5H3. The van der Waals surface area contributed by atoms with Gasteiger partial charge in [-0.25, -0.2) is 0 Å². The molecule has 0 aliphatic carbocycles. The minimum absolute atomic E-state index is 0.0710. The SMILES string of the molecule is CCN(CC(C)OC)C(C)(C)CN. The highest BCUT2D eigenvalue weighted by molar-refractivity contribution is 4.82. The Morgan fingerprint density at radius 3 is 2.31 bits per heavy atom. The molecule has 1 atom stereocenters. The predicted molar refractivity (Wildman–Crippen MR) is 56.9 cm³/mol. The summed E-state index contributed by atoms with van der Waals surface area (Å²) in [5, 5.41) is 0. The maximum atomic E-state index is 5.72. The fourth-order valence-corrected chi connectivity index (χ4v) is 1.32. The lowest BCUT2D eigenvalue weighted by molar-refractivity contribution is 0.0392. The second-order valence-electron chi connectivity index (χ2n) is 4.10. The first-order valence-corrected chi connectivity index (χ1v) is 4.95. The van der Waals surface area contributed by atoms with Gasteiger partial charge >= 0.3 is 0 Å². The first kappa shape index (κ1) is 12.9. The maximum absolute atomic E-state index is 5.72. The molecule has 0 amide bonds. The smallest absolute Gasteiger partial charge is 0.0670 e. The van der Waals surface area contributed by atoms with Gasteiger partial charge in [0.25, 0.3) is 0 Å². The Kier molecular flexibility index (Phi) is 5.53. The molecule has 0 spiro atoms. The molecule has 0 aromatic carbocycles. The molecular formula is C10H24N2O. The molecule has 80 valence electrons. The van der Waals surface area contributed by atoms with E-state index in [0.29, 0.717) is 6.54 Å². The summed E-state index contributed by atoms with van der Waals surface area (Å²) in [5.41, 5.74) is 5.79. The van der Waals surface area contributed by atoms with Crippen LogP contribution in [0, 0.1) is 0 Å². The van der Waals surface area contributed by atoms with Gasteiger partial charge in [0.15, 0.2) is 0 Å². The average molecular weight is 188 g/mol. The first-order chi connectivity index (χ1) is 5.97. The van der Waals surface area contributed by atoms with Gasteiger partial charge in [-0.3, -0.25) is 4.90 Å². The van der Waals surface area contributed by atoms with E-state index in [4.69, 9.17) is 10.5 Å². The molecule has 0 aliphatic rings. The third-order valence-electron chi connectivity index (χ3n) is 2.62. The molecule has 0 bridgehead atoms. The minimum Gasteiger partial charge on any atom is -0.380 e. The number of rotatable bonds is 6. The van der Waals surface area contributed by atoms with E-state index in [9.17, 15) is 0 Å². The van der Waals surface area contributed by atoms with Crippen LogP contribution >= 0.6 is 0 Å². The molecule has 0 saturated heterocycles. The Hall–Kier alpha value is -0.120. The predicted octanol–water partition coefficient (Wildman–Crippen LogP) is 1.08. The number of hydrogen-bond donors (Lipinski definition) is 1. The average Bonchev–Trinajstić information content (AvgIpc) is 2.13. The molecule has 3 heteroatoms. The zero-order valence-corrected chi connectivity index (χ0v) is 9.63. The summed E-state index contributed by atoms with van der Waals surface area (Å²) in [7, 11) is 1.74. The van der Waals surface area contributed by atoms with Crippen LogP contribution in [0.4, 0.5) is 0 Å². The van der Waals surface area contributed by atoms with Crippen molar-refractivity contribution in [2.75, 3.05) is 26.7 Å². The summed E-state index contributed by atoms with van der Waals surface area (Å²) in [4.78, 5) is 2.35. The molecule has 0 saturated carbocycles. The highest BCUT2D eigenvalue weighted by Crippen LogP contribution is 2.13. The van der Waals surface area contributed by atoms with Crippen LogP contribution in [0.1, 0.15) is 27.7 Å². The number of nitrogens with two attached hydrogens (primary N) is 1. The zero-order valence-electron chi connectivity index (χ0n) is 9.63. The van der Waals surface area contributed by atoms with Crippen LogP contribution in [0.25, 0.3) is 0 Å². The van der Waals surface area contributed by atoms with E-state index in [0.717, 1.165) is 13.1 Å². The first-order valence-electron chi connectivity index (χ1n) is 4.95. The van der Waals surface area contributed by atoms with Gasteiger partial charge in [-0.1, -0.05) is 6.92 Å². The van der Waals surface area contributed by atoms with Gasteiger partial charge < -0.3 is 10.5 Å². The summed E-state index contributed by atoms with van der Waals surface area (Å²) in [5.74, 6) is 0. The van der Waals surface area contributed by atoms with Crippen LogP contribution in [0.2, 0.25) is 0 Å². The van der Waals surface area contributed by atoms with Crippen molar-refractivity contribution in [1.29, 1.82) is 0 Å². The highest BCUT2D eigenvalue weighted by atomic mass is 16.5. The van der Waals surface area contributed by atoms with Crippen molar-refractivity contribution < 1.29 is 4.74 Å². The van der Waals surface area contributed by atoms with E-state index in [1.54, 1.807) is 7.11 Å². The Balaban J connectivity index is 4.17. The quantitative estimate of drug-likeness (QED) is 0.678. The molecule has 0 radical (unpaired) electrons. The lowest BCUT2D eigenvalue weighted by Crippen LogP contribution is -2.51. The molecule has 0 aromatic heterocycles. The molecule has 0 aromatic rings. The maximum Gasteiger partial charge on any atom is 0.0670 e. The third kappa shape index (κ3) is 4.07. The van der Waals surface area contributed by atoms with Crippen LogP contribution in [-0.2, 0) is 4.74 Å². The molecule has 0 rings (SSSR count). The van der Waals surface area contributed by atoms with E-state index in [1.165, 1.54) is 0 Å². The largest absolute Gasteiger partial charge is 0.380 e. The second kappa shape index (κ2) is 5.58. The van der Waals surface area contributed by atoms with Crippen molar-refractivity contribution in [2.45, 2.75) is 39.3 Å². The third-order valence-corrected chi connectivity index (χ3v) is 2.62. The van der Waals surface area contributed by atoms with Crippen molar-refractivity contribution in [2.24, 2.45) is 5.73 Å². The molecule has 3 nitrogen and oxygen atoms in total. The fourth-order valence-electron chi connectivity index (χ4n) is 1.32. The monoisotopic (exact) mass is 188 g/mol. The molecule has 13 heavy (non-hydrogen) atoms. The molecule has 2 N–H and O–H groups in total. The normalized spacial score (nSPS) is 15.0. The Labute approximate surface area is 82.2 Å². The van der Waals surface area contributed by atoms with E-state index in [-0.39, 0.29) is 11.6 Å². The van der Waals surface area contributed by atoms with Gasteiger partial charge in [-0.2, -0.15) is 0 Å². The van der Waals surface area contributed by atoms with Crippen LogP contribution in [0.15, 0.2) is 0 Å².